The molecule has 0 radical (unpaired) electrons. The molecule has 2 aliphatic carbocycles. The summed E-state index contributed by atoms with van der Waals surface area (Å²) in [7, 11) is 0. The van der Waals surface area contributed by atoms with Gasteiger partial charge in [0.1, 0.15) is 0 Å². The summed E-state index contributed by atoms with van der Waals surface area (Å²) in [6.07, 6.45) is 3.52. The van der Waals surface area contributed by atoms with Crippen molar-refractivity contribution in [2.45, 2.75) is 31.8 Å². The zero-order valence-corrected chi connectivity index (χ0v) is 14.9. The van der Waals surface area contributed by atoms with Gasteiger partial charge in [0.2, 0.25) is 5.91 Å². The van der Waals surface area contributed by atoms with Gasteiger partial charge in [0.05, 0.1) is 5.92 Å². The molecular formula is C19H27N3OS. The van der Waals surface area contributed by atoms with Gasteiger partial charge in [-0.3, -0.25) is 9.69 Å². The number of carbonyl (C=O) groups excluding carboxylic acids is 1. The molecule has 0 spiro atoms. The molecule has 4 atom stereocenters. The highest BCUT2D eigenvalue weighted by molar-refractivity contribution is 7.99. The first-order valence-electron chi connectivity index (χ1n) is 9.16. The van der Waals surface area contributed by atoms with Crippen LogP contribution in [0.25, 0.3) is 0 Å². The van der Waals surface area contributed by atoms with Crippen LogP contribution in [0.15, 0.2) is 24.3 Å². The Morgan fingerprint density at radius 3 is 2.79 bits per heavy atom. The molecule has 1 amide bonds. The van der Waals surface area contributed by atoms with Crippen molar-refractivity contribution >= 4 is 23.4 Å². The fraction of sp³-hybridized carbons (Fsp3) is 0.632. The Morgan fingerprint density at radius 2 is 2.04 bits per heavy atom. The van der Waals surface area contributed by atoms with Crippen LogP contribution in [0.1, 0.15) is 24.8 Å². The molecule has 24 heavy (non-hydrogen) atoms. The maximum Gasteiger partial charge on any atom is 0.229 e. The van der Waals surface area contributed by atoms with Crippen molar-refractivity contribution in [3.63, 3.8) is 0 Å². The van der Waals surface area contributed by atoms with Gasteiger partial charge in [-0.05, 0) is 48.8 Å². The monoisotopic (exact) mass is 345 g/mol. The highest BCUT2D eigenvalue weighted by Crippen LogP contribution is 2.47. The fourth-order valence-corrected chi connectivity index (χ4v) is 5.69. The summed E-state index contributed by atoms with van der Waals surface area (Å²) in [5.74, 6) is 3.64. The first-order chi connectivity index (χ1) is 11.7. The first-order valence-corrected chi connectivity index (χ1v) is 10.3. The van der Waals surface area contributed by atoms with Crippen molar-refractivity contribution < 1.29 is 4.79 Å². The van der Waals surface area contributed by atoms with Crippen LogP contribution in [0, 0.1) is 17.8 Å². The van der Waals surface area contributed by atoms with Crippen molar-refractivity contribution in [1.29, 1.82) is 0 Å². The molecular weight excluding hydrogens is 318 g/mol. The lowest BCUT2D eigenvalue weighted by molar-refractivity contribution is -0.121. The smallest absolute Gasteiger partial charge is 0.229 e. The van der Waals surface area contributed by atoms with Crippen molar-refractivity contribution in [2.24, 2.45) is 23.5 Å². The van der Waals surface area contributed by atoms with E-state index in [1.165, 1.54) is 29.9 Å². The summed E-state index contributed by atoms with van der Waals surface area (Å²) in [5.41, 5.74) is 8.49. The third kappa shape index (κ3) is 3.35. The summed E-state index contributed by atoms with van der Waals surface area (Å²) < 4.78 is 0. The Morgan fingerprint density at radius 1 is 1.25 bits per heavy atom. The van der Waals surface area contributed by atoms with E-state index in [-0.39, 0.29) is 17.9 Å². The number of nitrogens with zero attached hydrogens (tertiary/aromatic N) is 1. The number of amides is 1. The number of thioether (sulfide) groups is 1. The Kier molecular flexibility index (Phi) is 4.83. The average Bonchev–Trinajstić information content (AvgIpc) is 3.17. The van der Waals surface area contributed by atoms with E-state index in [2.05, 4.69) is 22.3 Å². The maximum absolute atomic E-state index is 12.7. The third-order valence-corrected chi connectivity index (χ3v) is 6.93. The second-order valence-electron chi connectivity index (χ2n) is 7.51. The zero-order chi connectivity index (χ0) is 16.5. The molecule has 1 aromatic carbocycles. The maximum atomic E-state index is 12.7. The molecule has 4 nitrogen and oxygen atoms in total. The van der Waals surface area contributed by atoms with Crippen LogP contribution in [0.5, 0.6) is 0 Å². The number of fused-ring (bicyclic) bond motifs is 2. The van der Waals surface area contributed by atoms with Crippen molar-refractivity contribution in [3.05, 3.63) is 29.8 Å². The second kappa shape index (κ2) is 7.06. The van der Waals surface area contributed by atoms with Crippen LogP contribution in [-0.4, -0.2) is 41.4 Å². The Labute approximate surface area is 148 Å². The SMILES string of the molecule is NC1C2CCC(C2)C1C(=O)Nc1cccc(CN2CCSCC2)c1. The number of nitrogens with one attached hydrogen (secondary N) is 1. The van der Waals surface area contributed by atoms with Crippen molar-refractivity contribution in [1.82, 2.24) is 4.90 Å². The largest absolute Gasteiger partial charge is 0.327 e. The normalized spacial score (nSPS) is 32.9. The summed E-state index contributed by atoms with van der Waals surface area (Å²) in [6.45, 7) is 3.28. The minimum atomic E-state index is 0.00604. The number of rotatable bonds is 4. The van der Waals surface area contributed by atoms with E-state index >= 15 is 0 Å². The van der Waals surface area contributed by atoms with Gasteiger partial charge < -0.3 is 11.1 Å². The molecule has 3 N–H and O–H groups in total. The Balaban J connectivity index is 1.39. The minimum absolute atomic E-state index is 0.00604. The lowest BCUT2D eigenvalue weighted by Crippen LogP contribution is -2.42. The van der Waals surface area contributed by atoms with Crippen molar-refractivity contribution in [3.8, 4) is 0 Å². The molecule has 0 aromatic heterocycles. The minimum Gasteiger partial charge on any atom is -0.327 e. The fourth-order valence-electron chi connectivity index (χ4n) is 4.72. The van der Waals surface area contributed by atoms with Crippen LogP contribution in [0.3, 0.4) is 0 Å². The number of nitrogens with two attached hydrogens (primary N) is 1. The summed E-state index contributed by atoms with van der Waals surface area (Å²) >= 11 is 2.03. The molecule has 3 fully saturated rings. The molecule has 5 heteroatoms. The first kappa shape index (κ1) is 16.4. The molecule has 130 valence electrons. The van der Waals surface area contributed by atoms with Gasteiger partial charge in [-0.1, -0.05) is 12.1 Å². The van der Waals surface area contributed by atoms with Crippen LogP contribution in [-0.2, 0) is 11.3 Å². The highest BCUT2D eigenvalue weighted by Gasteiger charge is 2.49. The van der Waals surface area contributed by atoms with E-state index in [0.29, 0.717) is 11.8 Å². The van der Waals surface area contributed by atoms with Gasteiger partial charge in [-0.15, -0.1) is 0 Å². The molecule has 1 aromatic rings. The van der Waals surface area contributed by atoms with E-state index in [9.17, 15) is 4.79 Å². The van der Waals surface area contributed by atoms with E-state index in [1.54, 1.807) is 0 Å². The average molecular weight is 346 g/mol. The zero-order valence-electron chi connectivity index (χ0n) is 14.1. The van der Waals surface area contributed by atoms with Gasteiger partial charge in [0, 0.05) is 42.9 Å². The predicted octanol–water partition coefficient (Wildman–Crippen LogP) is 2.55. The van der Waals surface area contributed by atoms with Crippen molar-refractivity contribution in [2.75, 3.05) is 29.9 Å². The lowest BCUT2D eigenvalue weighted by atomic mass is 9.84. The van der Waals surface area contributed by atoms with Gasteiger partial charge in [0.25, 0.3) is 0 Å². The summed E-state index contributed by atoms with van der Waals surface area (Å²) in [4.78, 5) is 15.2. The molecule has 1 aliphatic heterocycles. The topological polar surface area (TPSA) is 58.4 Å². The van der Waals surface area contributed by atoms with Gasteiger partial charge in [0.15, 0.2) is 0 Å². The predicted molar refractivity (Wildman–Crippen MR) is 100.0 cm³/mol. The number of carbonyl (C=O) groups is 1. The standard InChI is InChI=1S/C19H27N3OS/c20-18-15-5-4-14(11-15)17(18)19(23)21-16-3-1-2-13(10-16)12-22-6-8-24-9-7-22/h1-3,10,14-15,17-18H,4-9,11-12,20H2,(H,21,23). The van der Waals surface area contributed by atoms with Crippen LogP contribution < -0.4 is 11.1 Å². The van der Waals surface area contributed by atoms with E-state index in [1.807, 2.05) is 23.9 Å². The van der Waals surface area contributed by atoms with Gasteiger partial charge in [-0.25, -0.2) is 0 Å². The lowest BCUT2D eigenvalue weighted by Gasteiger charge is -2.27. The highest BCUT2D eigenvalue weighted by atomic mass is 32.2. The molecule has 1 saturated heterocycles. The molecule has 1 heterocycles. The third-order valence-electron chi connectivity index (χ3n) is 5.99. The Hall–Kier alpha value is -1.04. The number of benzene rings is 1. The summed E-state index contributed by atoms with van der Waals surface area (Å²) in [6, 6.07) is 8.37. The second-order valence-corrected chi connectivity index (χ2v) is 8.74. The van der Waals surface area contributed by atoms with Gasteiger partial charge in [-0.2, -0.15) is 11.8 Å². The number of anilines is 1. The summed E-state index contributed by atoms with van der Waals surface area (Å²) in [5, 5.41) is 3.14. The molecule has 2 bridgehead atoms. The molecule has 2 saturated carbocycles. The molecule has 4 unspecified atom stereocenters. The van der Waals surface area contributed by atoms with E-state index in [4.69, 9.17) is 5.73 Å². The quantitative estimate of drug-likeness (QED) is 0.880. The van der Waals surface area contributed by atoms with Crippen LogP contribution >= 0.6 is 11.8 Å². The molecule has 4 rings (SSSR count). The number of hydrogen-bond donors (Lipinski definition) is 2. The number of hydrogen-bond acceptors (Lipinski definition) is 4. The van der Waals surface area contributed by atoms with Crippen LogP contribution in [0.2, 0.25) is 0 Å². The molecule has 3 aliphatic rings. The Bertz CT molecular complexity index is 600. The van der Waals surface area contributed by atoms with Crippen LogP contribution in [0.4, 0.5) is 5.69 Å². The van der Waals surface area contributed by atoms with Gasteiger partial charge >= 0.3 is 0 Å². The van der Waals surface area contributed by atoms with E-state index < -0.39 is 0 Å². The van der Waals surface area contributed by atoms with E-state index in [0.717, 1.165) is 31.7 Å².